The molecular formula is C27H22N4O4. The quantitative estimate of drug-likeness (QED) is 0.566. The number of esters is 2. The lowest BCUT2D eigenvalue weighted by atomic mass is 9.81. The molecule has 0 saturated carbocycles. The van der Waals surface area contributed by atoms with Crippen LogP contribution in [0.3, 0.4) is 0 Å². The third-order valence-electron chi connectivity index (χ3n) is 5.73. The van der Waals surface area contributed by atoms with Gasteiger partial charge < -0.3 is 15.2 Å². The molecule has 0 bridgehead atoms. The number of benzene rings is 2. The van der Waals surface area contributed by atoms with Crippen LogP contribution in [0.25, 0.3) is 11.1 Å². The lowest BCUT2D eigenvalue weighted by molar-refractivity contribution is -0.139. The van der Waals surface area contributed by atoms with E-state index in [1.54, 1.807) is 54.9 Å². The van der Waals surface area contributed by atoms with Crippen molar-refractivity contribution in [3.8, 4) is 17.2 Å². The standard InChI is InChI=1S/C27H22N4O4/c1-34-26(32)23-22(18-7-4-3-5-8-18)21(16-28)25(29)31(24(23)27(33)35-2)20-10-6-9-19(15-20)17-11-13-30-14-12-17/h3-15,22H,29H2,1-2H3. The average molecular weight is 466 g/mol. The van der Waals surface area contributed by atoms with Crippen molar-refractivity contribution in [1.82, 2.24) is 4.98 Å². The molecule has 2 aromatic carbocycles. The fraction of sp³-hybridized carbons (Fsp3) is 0.111. The summed E-state index contributed by atoms with van der Waals surface area (Å²) in [5, 5.41) is 10.1. The smallest absolute Gasteiger partial charge is 0.355 e. The van der Waals surface area contributed by atoms with Gasteiger partial charge in [-0.1, -0.05) is 42.5 Å². The van der Waals surface area contributed by atoms with Gasteiger partial charge in [0.25, 0.3) is 0 Å². The van der Waals surface area contributed by atoms with Gasteiger partial charge in [0, 0.05) is 18.1 Å². The predicted molar refractivity (Wildman–Crippen MR) is 129 cm³/mol. The van der Waals surface area contributed by atoms with E-state index in [0.717, 1.165) is 11.1 Å². The molecule has 0 aliphatic carbocycles. The van der Waals surface area contributed by atoms with Gasteiger partial charge in [0.2, 0.25) is 0 Å². The Kier molecular flexibility index (Phi) is 6.60. The third kappa shape index (κ3) is 4.23. The van der Waals surface area contributed by atoms with Crippen LogP contribution in [0.4, 0.5) is 5.69 Å². The Morgan fingerprint density at radius 3 is 2.26 bits per heavy atom. The lowest BCUT2D eigenvalue weighted by Gasteiger charge is -2.36. The Morgan fingerprint density at radius 2 is 1.63 bits per heavy atom. The zero-order chi connectivity index (χ0) is 24.9. The number of rotatable bonds is 5. The van der Waals surface area contributed by atoms with Gasteiger partial charge in [-0.3, -0.25) is 9.88 Å². The van der Waals surface area contributed by atoms with E-state index in [1.165, 1.54) is 19.1 Å². The molecule has 0 spiro atoms. The van der Waals surface area contributed by atoms with Crippen LogP contribution in [-0.2, 0) is 19.1 Å². The normalized spacial score (nSPS) is 15.5. The summed E-state index contributed by atoms with van der Waals surface area (Å²) in [6.07, 6.45) is 3.34. The van der Waals surface area contributed by atoms with E-state index in [0.29, 0.717) is 11.3 Å². The number of nitrogens with zero attached hydrogens (tertiary/aromatic N) is 3. The summed E-state index contributed by atoms with van der Waals surface area (Å²) in [7, 11) is 2.43. The van der Waals surface area contributed by atoms with Crippen molar-refractivity contribution in [2.75, 3.05) is 19.1 Å². The zero-order valence-electron chi connectivity index (χ0n) is 19.1. The molecule has 0 fully saturated rings. The zero-order valence-corrected chi connectivity index (χ0v) is 19.1. The summed E-state index contributed by atoms with van der Waals surface area (Å²) >= 11 is 0. The van der Waals surface area contributed by atoms with Crippen molar-refractivity contribution in [2.24, 2.45) is 5.73 Å². The molecule has 1 unspecified atom stereocenters. The molecule has 0 amide bonds. The van der Waals surface area contributed by atoms with Crippen molar-refractivity contribution in [3.63, 3.8) is 0 Å². The molecule has 1 aromatic heterocycles. The van der Waals surface area contributed by atoms with E-state index in [1.807, 2.05) is 24.3 Å². The number of aromatic nitrogens is 1. The number of allylic oxidation sites excluding steroid dienone is 1. The molecule has 0 radical (unpaired) electrons. The Morgan fingerprint density at radius 1 is 0.943 bits per heavy atom. The summed E-state index contributed by atoms with van der Waals surface area (Å²) in [6.45, 7) is 0. The van der Waals surface area contributed by atoms with E-state index < -0.39 is 17.9 Å². The topological polar surface area (TPSA) is 119 Å². The largest absolute Gasteiger partial charge is 0.466 e. The van der Waals surface area contributed by atoms with Gasteiger partial charge in [-0.25, -0.2) is 9.59 Å². The van der Waals surface area contributed by atoms with Crippen molar-refractivity contribution in [1.29, 1.82) is 5.26 Å². The van der Waals surface area contributed by atoms with Gasteiger partial charge >= 0.3 is 11.9 Å². The number of pyridine rings is 1. The van der Waals surface area contributed by atoms with Crippen molar-refractivity contribution < 1.29 is 19.1 Å². The minimum absolute atomic E-state index is 0.0151. The maximum Gasteiger partial charge on any atom is 0.355 e. The molecule has 4 rings (SSSR count). The Bertz CT molecular complexity index is 1380. The fourth-order valence-corrected chi connectivity index (χ4v) is 4.15. The van der Waals surface area contributed by atoms with Crippen LogP contribution in [0.15, 0.2) is 102 Å². The van der Waals surface area contributed by atoms with Gasteiger partial charge in [-0.05, 0) is 41.0 Å². The average Bonchev–Trinajstić information content (AvgIpc) is 2.92. The fourth-order valence-electron chi connectivity index (χ4n) is 4.15. The van der Waals surface area contributed by atoms with E-state index in [-0.39, 0.29) is 22.7 Å². The van der Waals surface area contributed by atoms with Crippen molar-refractivity contribution >= 4 is 17.6 Å². The molecule has 35 heavy (non-hydrogen) atoms. The highest BCUT2D eigenvalue weighted by molar-refractivity contribution is 6.06. The van der Waals surface area contributed by atoms with E-state index >= 15 is 0 Å². The molecule has 1 aliphatic heterocycles. The van der Waals surface area contributed by atoms with Gasteiger partial charge in [0.05, 0.1) is 37.4 Å². The van der Waals surface area contributed by atoms with Gasteiger partial charge in [-0.15, -0.1) is 0 Å². The second-order valence-electron chi connectivity index (χ2n) is 7.62. The van der Waals surface area contributed by atoms with E-state index in [4.69, 9.17) is 15.2 Å². The van der Waals surface area contributed by atoms with E-state index in [9.17, 15) is 14.9 Å². The van der Waals surface area contributed by atoms with Crippen LogP contribution in [0.1, 0.15) is 11.5 Å². The van der Waals surface area contributed by atoms with Gasteiger partial charge in [0.1, 0.15) is 11.5 Å². The molecule has 1 aliphatic rings. The van der Waals surface area contributed by atoms with Crippen LogP contribution in [0.5, 0.6) is 0 Å². The Balaban J connectivity index is 2.02. The minimum atomic E-state index is -0.914. The first-order valence-corrected chi connectivity index (χ1v) is 10.7. The van der Waals surface area contributed by atoms with Crippen LogP contribution in [0, 0.1) is 11.3 Å². The first-order chi connectivity index (χ1) is 17.0. The number of nitriles is 1. The number of methoxy groups -OCH3 is 2. The summed E-state index contributed by atoms with van der Waals surface area (Å²) in [5.74, 6) is -2.46. The first kappa shape index (κ1) is 23.3. The van der Waals surface area contributed by atoms with Crippen LogP contribution in [0.2, 0.25) is 0 Å². The molecule has 8 nitrogen and oxygen atoms in total. The number of carbonyl (C=O) groups excluding carboxylic acids is 2. The lowest BCUT2D eigenvalue weighted by Crippen LogP contribution is -2.40. The van der Waals surface area contributed by atoms with Crippen molar-refractivity contribution in [3.05, 3.63) is 107 Å². The summed E-state index contributed by atoms with van der Waals surface area (Å²) < 4.78 is 10.1. The second kappa shape index (κ2) is 9.93. The van der Waals surface area contributed by atoms with Crippen LogP contribution in [-0.4, -0.2) is 31.1 Å². The highest BCUT2D eigenvalue weighted by Gasteiger charge is 2.43. The summed E-state index contributed by atoms with van der Waals surface area (Å²) in [5.41, 5.74) is 9.30. The summed E-state index contributed by atoms with van der Waals surface area (Å²) in [6, 6.07) is 21.9. The maximum atomic E-state index is 13.2. The van der Waals surface area contributed by atoms with Gasteiger partial charge in [-0.2, -0.15) is 5.26 Å². The molecule has 174 valence electrons. The van der Waals surface area contributed by atoms with Crippen LogP contribution < -0.4 is 10.6 Å². The first-order valence-electron chi connectivity index (χ1n) is 10.7. The maximum absolute atomic E-state index is 13.2. The van der Waals surface area contributed by atoms with Crippen LogP contribution >= 0.6 is 0 Å². The molecular weight excluding hydrogens is 444 g/mol. The predicted octanol–water partition coefficient (Wildman–Crippen LogP) is 3.65. The summed E-state index contributed by atoms with van der Waals surface area (Å²) in [4.78, 5) is 31.7. The second-order valence-corrected chi connectivity index (χ2v) is 7.62. The minimum Gasteiger partial charge on any atom is -0.466 e. The van der Waals surface area contributed by atoms with Gasteiger partial charge in [0.15, 0.2) is 0 Å². The Hall–Kier alpha value is -4.90. The molecule has 1 atom stereocenters. The number of hydrogen-bond donors (Lipinski definition) is 1. The molecule has 2 N–H and O–H groups in total. The van der Waals surface area contributed by atoms with Crippen molar-refractivity contribution in [2.45, 2.75) is 5.92 Å². The number of anilines is 1. The molecule has 0 saturated heterocycles. The SMILES string of the molecule is COC(=O)C1=C(C(=O)OC)N(c2cccc(-c3ccncc3)c2)C(N)=C(C#N)C1c1ccccc1. The highest BCUT2D eigenvalue weighted by Crippen LogP contribution is 2.43. The third-order valence-corrected chi connectivity index (χ3v) is 5.73. The molecule has 2 heterocycles. The Labute approximate surface area is 202 Å². The number of carbonyl (C=O) groups is 2. The molecule has 3 aromatic rings. The van der Waals surface area contributed by atoms with E-state index in [2.05, 4.69) is 11.1 Å². The number of nitrogens with two attached hydrogens (primary N) is 1. The molecule has 8 heteroatoms. The highest BCUT2D eigenvalue weighted by atomic mass is 16.5. The monoisotopic (exact) mass is 466 g/mol. The number of hydrogen-bond acceptors (Lipinski definition) is 8. The number of ether oxygens (including phenoxy) is 2.